The molecule has 210 valence electrons. The van der Waals surface area contributed by atoms with Crippen molar-refractivity contribution < 1.29 is 23.9 Å². The van der Waals surface area contributed by atoms with E-state index in [9.17, 15) is 14.4 Å². The third-order valence-electron chi connectivity index (χ3n) is 7.62. The molecule has 2 bridgehead atoms. The third kappa shape index (κ3) is 5.36. The van der Waals surface area contributed by atoms with Crippen molar-refractivity contribution in [2.24, 2.45) is 7.05 Å². The molecule has 0 unspecified atom stereocenters. The molecule has 1 N–H and O–H groups in total. The molecule has 2 atom stereocenters. The number of carbonyl (C=O) groups is 3. The van der Waals surface area contributed by atoms with Gasteiger partial charge in [0.1, 0.15) is 12.0 Å². The number of benzene rings is 1. The van der Waals surface area contributed by atoms with Gasteiger partial charge in [0.15, 0.2) is 11.5 Å². The minimum absolute atomic E-state index is 0.104. The van der Waals surface area contributed by atoms with E-state index in [4.69, 9.17) is 9.47 Å². The zero-order valence-corrected chi connectivity index (χ0v) is 23.2. The Morgan fingerprint density at radius 3 is 2.55 bits per heavy atom. The van der Waals surface area contributed by atoms with Gasteiger partial charge in [0.05, 0.1) is 43.3 Å². The second-order valence-corrected chi connectivity index (χ2v) is 10.3. The fourth-order valence-electron chi connectivity index (χ4n) is 5.51. The summed E-state index contributed by atoms with van der Waals surface area (Å²) >= 11 is 0. The number of nitrogens with one attached hydrogen (secondary N) is 1. The monoisotopic (exact) mass is 546 g/mol. The molecule has 0 radical (unpaired) electrons. The number of amides is 3. The summed E-state index contributed by atoms with van der Waals surface area (Å²) < 4.78 is 13.4. The average Bonchev–Trinajstić information content (AvgIpc) is 3.55. The lowest BCUT2D eigenvalue weighted by molar-refractivity contribution is -0.122. The first-order valence-electron chi connectivity index (χ1n) is 13.3. The van der Waals surface area contributed by atoms with Gasteiger partial charge in [-0.15, -0.1) is 0 Å². The lowest BCUT2D eigenvalue weighted by Gasteiger charge is -2.24. The molecule has 1 aromatic carbocycles. The van der Waals surface area contributed by atoms with E-state index in [0.29, 0.717) is 66.8 Å². The summed E-state index contributed by atoms with van der Waals surface area (Å²) in [6.45, 7) is 4.84. The molecular weight excluding hydrogens is 512 g/mol. The molecule has 3 amide bonds. The van der Waals surface area contributed by atoms with Crippen LogP contribution in [0.3, 0.4) is 0 Å². The van der Waals surface area contributed by atoms with Gasteiger partial charge < -0.3 is 29.2 Å². The number of rotatable bonds is 3. The average molecular weight is 547 g/mol. The first-order chi connectivity index (χ1) is 19.3. The summed E-state index contributed by atoms with van der Waals surface area (Å²) in [5.41, 5.74) is 3.11. The molecule has 0 saturated carbocycles. The first kappa shape index (κ1) is 27.2. The van der Waals surface area contributed by atoms with Crippen LogP contribution < -0.4 is 14.8 Å². The van der Waals surface area contributed by atoms with Crippen molar-refractivity contribution >= 4 is 17.7 Å². The summed E-state index contributed by atoms with van der Waals surface area (Å²) in [5, 5.41) is 3.13. The van der Waals surface area contributed by atoms with Crippen LogP contribution in [0.1, 0.15) is 50.1 Å². The van der Waals surface area contributed by atoms with Gasteiger partial charge in [-0.2, -0.15) is 0 Å². The fraction of sp³-hybridized carbons (Fsp3) is 0.414. The molecule has 1 fully saturated rings. The van der Waals surface area contributed by atoms with Crippen molar-refractivity contribution in [1.82, 2.24) is 29.7 Å². The molecule has 11 heteroatoms. The molecule has 0 aliphatic carbocycles. The number of nitrogens with zero attached hydrogens (tertiary/aromatic N) is 5. The van der Waals surface area contributed by atoms with Crippen LogP contribution >= 0.6 is 0 Å². The van der Waals surface area contributed by atoms with Crippen molar-refractivity contribution in [1.29, 1.82) is 0 Å². The fourth-order valence-corrected chi connectivity index (χ4v) is 5.51. The molecule has 0 spiro atoms. The van der Waals surface area contributed by atoms with Crippen molar-refractivity contribution in [2.45, 2.75) is 32.2 Å². The Kier molecular flexibility index (Phi) is 7.72. The Hall–Kier alpha value is -4.41. The summed E-state index contributed by atoms with van der Waals surface area (Å²) in [4.78, 5) is 52.1. The van der Waals surface area contributed by atoms with Crippen molar-refractivity contribution in [3.63, 3.8) is 0 Å². The Morgan fingerprint density at radius 2 is 1.85 bits per heavy atom. The summed E-state index contributed by atoms with van der Waals surface area (Å²) in [7, 11) is 3.38. The van der Waals surface area contributed by atoms with Crippen LogP contribution in [0.2, 0.25) is 0 Å². The summed E-state index contributed by atoms with van der Waals surface area (Å²) in [6.07, 6.45) is 3.78. The molecule has 5 rings (SSSR count). The highest BCUT2D eigenvalue weighted by molar-refractivity contribution is 5.97. The van der Waals surface area contributed by atoms with Crippen molar-refractivity contribution in [3.05, 3.63) is 71.1 Å². The zero-order chi connectivity index (χ0) is 28.4. The van der Waals surface area contributed by atoms with Crippen molar-refractivity contribution in [3.8, 4) is 11.5 Å². The van der Waals surface area contributed by atoms with E-state index in [-0.39, 0.29) is 36.2 Å². The molecule has 2 aliphatic heterocycles. The smallest absolute Gasteiger partial charge is 0.270 e. The van der Waals surface area contributed by atoms with Crippen LogP contribution in [0.25, 0.3) is 0 Å². The lowest BCUT2D eigenvalue weighted by atomic mass is 9.94. The van der Waals surface area contributed by atoms with Gasteiger partial charge in [-0.05, 0) is 50.1 Å². The Morgan fingerprint density at radius 1 is 1.07 bits per heavy atom. The van der Waals surface area contributed by atoms with Gasteiger partial charge in [0.2, 0.25) is 5.91 Å². The summed E-state index contributed by atoms with van der Waals surface area (Å²) in [6, 6.07) is 8.86. The largest absolute Gasteiger partial charge is 0.493 e. The predicted octanol–water partition coefficient (Wildman–Crippen LogP) is 2.09. The standard InChI is InChI=1S/C29H34N6O5/c1-18-27(19(2)31-17-30-18)29(38)35-14-21-20-8-9-24(39-4)25(13-20)40-12-6-11-34(16-26(36)32-22(21)15-35)28(37)23-7-5-10-33(23)3/h5,7-10,13,17,21-22H,6,11-12,14-16H2,1-4H3,(H,32,36)/t21-,22+/m1/s1. The maximum Gasteiger partial charge on any atom is 0.270 e. The van der Waals surface area contributed by atoms with Gasteiger partial charge in [-0.3, -0.25) is 14.4 Å². The maximum atomic E-state index is 13.6. The molecule has 1 saturated heterocycles. The molecule has 11 nitrogen and oxygen atoms in total. The number of likely N-dealkylation sites (tertiary alicyclic amines) is 1. The second-order valence-electron chi connectivity index (χ2n) is 10.3. The van der Waals surface area contributed by atoms with Crippen LogP contribution in [0.5, 0.6) is 11.5 Å². The zero-order valence-electron chi connectivity index (χ0n) is 23.2. The number of hydrogen-bond acceptors (Lipinski definition) is 7. The highest BCUT2D eigenvalue weighted by Crippen LogP contribution is 2.36. The number of aryl methyl sites for hydroxylation is 3. The molecular formula is C29H34N6O5. The minimum Gasteiger partial charge on any atom is -0.493 e. The number of carbonyl (C=O) groups excluding carboxylic acids is 3. The molecule has 40 heavy (non-hydrogen) atoms. The van der Waals surface area contributed by atoms with Crippen LogP contribution in [0, 0.1) is 13.8 Å². The predicted molar refractivity (Wildman–Crippen MR) is 147 cm³/mol. The van der Waals surface area contributed by atoms with Crippen LogP contribution in [0.4, 0.5) is 0 Å². The van der Waals surface area contributed by atoms with E-state index in [0.717, 1.165) is 5.56 Å². The van der Waals surface area contributed by atoms with Crippen LogP contribution in [0.15, 0.2) is 42.9 Å². The SMILES string of the molecule is COc1ccc2cc1OCCCN(C(=O)c1cccn1C)CC(=O)N[C@H]1CN(C(=O)c3c(C)ncnc3C)C[C@H]21. The topological polar surface area (TPSA) is 119 Å². The molecule has 2 aromatic heterocycles. The van der Waals surface area contributed by atoms with Gasteiger partial charge >= 0.3 is 0 Å². The quantitative estimate of drug-likeness (QED) is 0.534. The molecule has 3 aromatic rings. The number of methoxy groups -OCH3 is 1. The van der Waals surface area contributed by atoms with E-state index in [2.05, 4.69) is 15.3 Å². The molecule has 2 aliphatic rings. The maximum absolute atomic E-state index is 13.6. The van der Waals surface area contributed by atoms with Crippen LogP contribution in [-0.4, -0.2) is 88.0 Å². The van der Waals surface area contributed by atoms with Gasteiger partial charge in [0.25, 0.3) is 11.8 Å². The number of aromatic nitrogens is 3. The number of ether oxygens (including phenoxy) is 2. The van der Waals surface area contributed by atoms with E-state index in [1.807, 2.05) is 18.2 Å². The second kappa shape index (κ2) is 11.4. The lowest BCUT2D eigenvalue weighted by Crippen LogP contribution is -2.47. The Bertz CT molecular complexity index is 1420. The van der Waals surface area contributed by atoms with E-state index < -0.39 is 0 Å². The molecule has 4 heterocycles. The first-order valence-corrected chi connectivity index (χ1v) is 13.3. The normalized spacial score (nSPS) is 19.4. The van der Waals surface area contributed by atoms with Crippen molar-refractivity contribution in [2.75, 3.05) is 39.9 Å². The highest BCUT2D eigenvalue weighted by atomic mass is 16.5. The highest BCUT2D eigenvalue weighted by Gasteiger charge is 2.39. The number of hydrogen-bond donors (Lipinski definition) is 1. The van der Waals surface area contributed by atoms with E-state index in [1.54, 1.807) is 60.7 Å². The summed E-state index contributed by atoms with van der Waals surface area (Å²) in [5.74, 6) is 0.280. The van der Waals surface area contributed by atoms with Gasteiger partial charge in [0, 0.05) is 38.8 Å². The van der Waals surface area contributed by atoms with E-state index >= 15 is 0 Å². The van der Waals surface area contributed by atoms with Gasteiger partial charge in [-0.1, -0.05) is 6.07 Å². The third-order valence-corrected chi connectivity index (χ3v) is 7.62. The van der Waals surface area contributed by atoms with Crippen LogP contribution in [-0.2, 0) is 11.8 Å². The Balaban J connectivity index is 1.47. The van der Waals surface area contributed by atoms with Gasteiger partial charge in [-0.25, -0.2) is 9.97 Å². The minimum atomic E-state index is -0.379. The number of fused-ring (bicyclic) bond motifs is 4. The Labute approximate surface area is 233 Å². The van der Waals surface area contributed by atoms with E-state index in [1.165, 1.54) is 6.33 Å².